The van der Waals surface area contributed by atoms with Crippen molar-refractivity contribution >= 4 is 17.3 Å². The van der Waals surface area contributed by atoms with Crippen LogP contribution in [0.3, 0.4) is 0 Å². The third kappa shape index (κ3) is 3.74. The first kappa shape index (κ1) is 15.3. The standard InChI is InChI=1S/C18H17N3O/c1-13-7-3-5-9-16(13)20-12-15(11-19)18(22)21-17-10-6-4-8-14(17)2/h3-10,12,20H,1-2H3,(H,21,22)/b15-12-. The van der Waals surface area contributed by atoms with Gasteiger partial charge in [0.15, 0.2) is 0 Å². The van der Waals surface area contributed by atoms with Crippen molar-refractivity contribution < 1.29 is 4.79 Å². The predicted octanol–water partition coefficient (Wildman–Crippen LogP) is 3.76. The molecule has 2 rings (SSSR count). The summed E-state index contributed by atoms with van der Waals surface area (Å²) in [6.45, 7) is 3.85. The van der Waals surface area contributed by atoms with Crippen molar-refractivity contribution in [3.8, 4) is 6.07 Å². The number of benzene rings is 2. The molecule has 22 heavy (non-hydrogen) atoms. The molecule has 0 heterocycles. The van der Waals surface area contributed by atoms with Crippen LogP contribution in [0.4, 0.5) is 11.4 Å². The highest BCUT2D eigenvalue weighted by molar-refractivity contribution is 6.07. The molecule has 0 aliphatic carbocycles. The lowest BCUT2D eigenvalue weighted by Crippen LogP contribution is -2.15. The molecule has 0 bridgehead atoms. The first-order valence-corrected chi connectivity index (χ1v) is 6.91. The lowest BCUT2D eigenvalue weighted by atomic mass is 10.2. The smallest absolute Gasteiger partial charge is 0.267 e. The van der Waals surface area contributed by atoms with Crippen LogP contribution in [0, 0.1) is 25.2 Å². The highest BCUT2D eigenvalue weighted by Crippen LogP contribution is 2.16. The van der Waals surface area contributed by atoms with Crippen LogP contribution in [-0.4, -0.2) is 5.91 Å². The summed E-state index contributed by atoms with van der Waals surface area (Å²) in [6.07, 6.45) is 1.43. The summed E-state index contributed by atoms with van der Waals surface area (Å²) in [5, 5.41) is 14.9. The third-order valence-corrected chi connectivity index (χ3v) is 3.28. The topological polar surface area (TPSA) is 64.9 Å². The Morgan fingerprint density at radius 1 is 1.00 bits per heavy atom. The van der Waals surface area contributed by atoms with Gasteiger partial charge in [0, 0.05) is 17.6 Å². The van der Waals surface area contributed by atoms with Crippen molar-refractivity contribution in [2.45, 2.75) is 13.8 Å². The van der Waals surface area contributed by atoms with E-state index >= 15 is 0 Å². The van der Waals surface area contributed by atoms with Gasteiger partial charge in [0.05, 0.1) is 0 Å². The Hall–Kier alpha value is -3.06. The lowest BCUT2D eigenvalue weighted by Gasteiger charge is -2.08. The van der Waals surface area contributed by atoms with E-state index in [9.17, 15) is 10.1 Å². The van der Waals surface area contributed by atoms with Crippen LogP contribution >= 0.6 is 0 Å². The molecule has 0 unspecified atom stereocenters. The van der Waals surface area contributed by atoms with Crippen LogP contribution in [-0.2, 0) is 4.79 Å². The maximum Gasteiger partial charge on any atom is 0.267 e. The minimum absolute atomic E-state index is 0.0199. The molecule has 1 amide bonds. The molecule has 2 aromatic carbocycles. The number of rotatable bonds is 4. The van der Waals surface area contributed by atoms with Gasteiger partial charge in [0.25, 0.3) is 5.91 Å². The van der Waals surface area contributed by atoms with E-state index in [4.69, 9.17) is 0 Å². The average Bonchev–Trinajstić information content (AvgIpc) is 2.52. The molecule has 0 aliphatic heterocycles. The molecule has 4 heteroatoms. The molecule has 0 aliphatic rings. The summed E-state index contributed by atoms with van der Waals surface area (Å²) in [5.41, 5.74) is 3.56. The minimum Gasteiger partial charge on any atom is -0.360 e. The van der Waals surface area contributed by atoms with Crippen LogP contribution in [0.5, 0.6) is 0 Å². The van der Waals surface area contributed by atoms with E-state index in [0.29, 0.717) is 5.69 Å². The minimum atomic E-state index is -0.433. The van der Waals surface area contributed by atoms with Crippen LogP contribution in [0.2, 0.25) is 0 Å². The zero-order chi connectivity index (χ0) is 15.9. The van der Waals surface area contributed by atoms with Crippen molar-refractivity contribution in [1.82, 2.24) is 0 Å². The predicted molar refractivity (Wildman–Crippen MR) is 88.3 cm³/mol. The lowest BCUT2D eigenvalue weighted by molar-refractivity contribution is -0.112. The number of para-hydroxylation sites is 2. The number of carbonyl (C=O) groups excluding carboxylic acids is 1. The van der Waals surface area contributed by atoms with Crippen molar-refractivity contribution in [3.63, 3.8) is 0 Å². The number of hydrogen-bond acceptors (Lipinski definition) is 3. The SMILES string of the molecule is Cc1ccccc1N/C=C(/C#N)C(=O)Nc1ccccc1C. The van der Waals surface area contributed by atoms with Gasteiger partial charge in [0.2, 0.25) is 0 Å². The van der Waals surface area contributed by atoms with Crippen LogP contribution in [0.15, 0.2) is 60.3 Å². The van der Waals surface area contributed by atoms with Gasteiger partial charge in [-0.05, 0) is 37.1 Å². The maximum atomic E-state index is 12.2. The molecule has 4 nitrogen and oxygen atoms in total. The van der Waals surface area contributed by atoms with Crippen molar-refractivity contribution in [1.29, 1.82) is 5.26 Å². The fourth-order valence-electron chi connectivity index (χ4n) is 1.94. The fraction of sp³-hybridized carbons (Fsp3) is 0.111. The van der Waals surface area contributed by atoms with Gasteiger partial charge in [-0.15, -0.1) is 0 Å². The highest BCUT2D eigenvalue weighted by Gasteiger charge is 2.10. The summed E-state index contributed by atoms with van der Waals surface area (Å²) >= 11 is 0. The van der Waals surface area contributed by atoms with Gasteiger partial charge in [-0.25, -0.2) is 0 Å². The van der Waals surface area contributed by atoms with E-state index in [0.717, 1.165) is 16.8 Å². The van der Waals surface area contributed by atoms with Gasteiger partial charge in [-0.1, -0.05) is 36.4 Å². The van der Waals surface area contributed by atoms with E-state index in [1.54, 1.807) is 6.07 Å². The van der Waals surface area contributed by atoms with Gasteiger partial charge in [-0.2, -0.15) is 5.26 Å². The fourth-order valence-corrected chi connectivity index (χ4v) is 1.94. The van der Waals surface area contributed by atoms with Crippen molar-refractivity contribution in [2.75, 3.05) is 10.6 Å². The molecule has 110 valence electrons. The van der Waals surface area contributed by atoms with E-state index in [2.05, 4.69) is 10.6 Å². The van der Waals surface area contributed by atoms with Gasteiger partial charge < -0.3 is 10.6 Å². The Bertz CT molecular complexity index is 757. The Kier molecular flexibility index (Phi) is 4.94. The molecule has 0 aromatic heterocycles. The molecule has 0 radical (unpaired) electrons. The summed E-state index contributed by atoms with van der Waals surface area (Å²) in [7, 11) is 0. The maximum absolute atomic E-state index is 12.2. The average molecular weight is 291 g/mol. The number of aryl methyl sites for hydroxylation is 2. The molecular weight excluding hydrogens is 274 g/mol. The Morgan fingerprint density at radius 3 is 2.09 bits per heavy atom. The molecule has 0 saturated carbocycles. The van der Waals surface area contributed by atoms with Gasteiger partial charge in [-0.3, -0.25) is 4.79 Å². The Labute approximate surface area is 130 Å². The number of nitrogens with zero attached hydrogens (tertiary/aromatic N) is 1. The van der Waals surface area contributed by atoms with Gasteiger partial charge in [0.1, 0.15) is 11.6 Å². The van der Waals surface area contributed by atoms with Crippen LogP contribution in [0.25, 0.3) is 0 Å². The summed E-state index contributed by atoms with van der Waals surface area (Å²) in [5.74, 6) is -0.433. The monoisotopic (exact) mass is 291 g/mol. The van der Waals surface area contributed by atoms with Crippen molar-refractivity contribution in [3.05, 3.63) is 71.4 Å². The number of carbonyl (C=O) groups is 1. The van der Waals surface area contributed by atoms with Gasteiger partial charge >= 0.3 is 0 Å². The molecule has 0 spiro atoms. The number of nitrogens with one attached hydrogen (secondary N) is 2. The first-order valence-electron chi connectivity index (χ1n) is 6.91. The zero-order valence-corrected chi connectivity index (χ0v) is 12.6. The zero-order valence-electron chi connectivity index (χ0n) is 12.6. The van der Waals surface area contributed by atoms with E-state index in [1.807, 2.05) is 62.4 Å². The summed E-state index contributed by atoms with van der Waals surface area (Å²) in [6, 6.07) is 17.0. The third-order valence-electron chi connectivity index (χ3n) is 3.28. The number of nitriles is 1. The summed E-state index contributed by atoms with van der Waals surface area (Å²) < 4.78 is 0. The van der Waals surface area contributed by atoms with E-state index in [-0.39, 0.29) is 5.57 Å². The van der Waals surface area contributed by atoms with Crippen LogP contribution < -0.4 is 10.6 Å². The van der Waals surface area contributed by atoms with Crippen LogP contribution in [0.1, 0.15) is 11.1 Å². The summed E-state index contributed by atoms with van der Waals surface area (Å²) in [4.78, 5) is 12.2. The molecule has 2 N–H and O–H groups in total. The number of amides is 1. The number of hydrogen-bond donors (Lipinski definition) is 2. The Morgan fingerprint density at radius 2 is 1.55 bits per heavy atom. The van der Waals surface area contributed by atoms with Crippen molar-refractivity contribution in [2.24, 2.45) is 0 Å². The molecule has 0 fully saturated rings. The van der Waals surface area contributed by atoms with E-state index in [1.165, 1.54) is 6.20 Å². The van der Waals surface area contributed by atoms with E-state index < -0.39 is 5.91 Å². The quantitative estimate of drug-likeness (QED) is 0.666. The first-order chi connectivity index (χ1) is 10.6. The highest BCUT2D eigenvalue weighted by atomic mass is 16.1. The molecular formula is C18H17N3O. The number of anilines is 2. The normalized spacial score (nSPS) is 10.7. The Balaban J connectivity index is 2.13. The largest absolute Gasteiger partial charge is 0.360 e. The second-order valence-electron chi connectivity index (χ2n) is 4.90. The molecule has 2 aromatic rings. The molecule has 0 saturated heterocycles. The second-order valence-corrected chi connectivity index (χ2v) is 4.90. The second kappa shape index (κ2) is 7.09. The molecule has 0 atom stereocenters.